The number of nitrogens with one attached hydrogen (secondary N) is 1. The molecule has 0 fully saturated rings. The maximum atomic E-state index is 13.1. The highest BCUT2D eigenvalue weighted by atomic mass is 16.5. The van der Waals surface area contributed by atoms with Gasteiger partial charge in [-0.3, -0.25) is 13.9 Å². The van der Waals surface area contributed by atoms with Crippen molar-refractivity contribution in [3.63, 3.8) is 0 Å². The number of nitrogens with zero attached hydrogens (tertiary/aromatic N) is 4. The molecule has 1 aromatic carbocycles. The summed E-state index contributed by atoms with van der Waals surface area (Å²) < 4.78 is 13.7. The summed E-state index contributed by atoms with van der Waals surface area (Å²) in [6, 6.07) is 9.08. The van der Waals surface area contributed by atoms with Crippen LogP contribution in [0.25, 0.3) is 22.4 Å². The van der Waals surface area contributed by atoms with E-state index in [2.05, 4.69) is 15.5 Å². The minimum atomic E-state index is -0.283. The van der Waals surface area contributed by atoms with E-state index >= 15 is 0 Å². The van der Waals surface area contributed by atoms with E-state index in [0.717, 1.165) is 11.3 Å². The Morgan fingerprint density at radius 3 is 2.60 bits per heavy atom. The molecule has 4 rings (SSSR count). The molecule has 0 aliphatic rings. The molecule has 0 aliphatic heterocycles. The Hall–Kier alpha value is -3.62. The number of aromatic nitrogens is 4. The SMILES string of the molecule is Cc1ccc(CNC(=O)Cn2c(=O)n(C(C)C)c3ccc(-c4noc(C)n4)cc32)o1. The van der Waals surface area contributed by atoms with Crippen molar-refractivity contribution in [1.29, 1.82) is 0 Å². The molecule has 0 unspecified atom stereocenters. The van der Waals surface area contributed by atoms with Crippen LogP contribution in [0, 0.1) is 13.8 Å². The summed E-state index contributed by atoms with van der Waals surface area (Å²) >= 11 is 0. The molecule has 0 aliphatic carbocycles. The highest BCUT2D eigenvalue weighted by molar-refractivity contribution is 5.84. The molecule has 1 amide bonds. The molecular formula is C21H23N5O4. The Bertz CT molecular complexity index is 1270. The molecule has 0 bridgehead atoms. The van der Waals surface area contributed by atoms with Crippen molar-refractivity contribution in [2.24, 2.45) is 0 Å². The Kier molecular flexibility index (Phi) is 5.03. The Balaban J connectivity index is 1.68. The first-order valence-electron chi connectivity index (χ1n) is 9.71. The van der Waals surface area contributed by atoms with Crippen LogP contribution < -0.4 is 11.0 Å². The minimum Gasteiger partial charge on any atom is -0.465 e. The lowest BCUT2D eigenvalue weighted by atomic mass is 10.2. The zero-order chi connectivity index (χ0) is 21.4. The highest BCUT2D eigenvalue weighted by Crippen LogP contribution is 2.24. The van der Waals surface area contributed by atoms with Crippen LogP contribution in [0.15, 0.2) is 44.1 Å². The van der Waals surface area contributed by atoms with E-state index in [4.69, 9.17) is 8.94 Å². The molecule has 4 aromatic rings. The lowest BCUT2D eigenvalue weighted by Gasteiger charge is -2.06. The van der Waals surface area contributed by atoms with E-state index in [0.29, 0.717) is 28.6 Å². The quantitative estimate of drug-likeness (QED) is 0.524. The summed E-state index contributed by atoms with van der Waals surface area (Å²) in [6.45, 7) is 7.57. The number of hydrogen-bond donors (Lipinski definition) is 1. The Labute approximate surface area is 172 Å². The van der Waals surface area contributed by atoms with Crippen molar-refractivity contribution in [2.45, 2.75) is 46.8 Å². The van der Waals surface area contributed by atoms with Crippen molar-refractivity contribution < 1.29 is 13.7 Å². The summed E-state index contributed by atoms with van der Waals surface area (Å²) in [5.41, 5.74) is 1.84. The van der Waals surface area contributed by atoms with Gasteiger partial charge >= 0.3 is 5.69 Å². The number of aryl methyl sites for hydroxylation is 2. The first-order valence-corrected chi connectivity index (χ1v) is 9.71. The van der Waals surface area contributed by atoms with Crippen LogP contribution in [0.2, 0.25) is 0 Å². The van der Waals surface area contributed by atoms with E-state index < -0.39 is 0 Å². The number of benzene rings is 1. The lowest BCUT2D eigenvalue weighted by Crippen LogP contribution is -2.33. The predicted octanol–water partition coefficient (Wildman–Crippen LogP) is 2.96. The van der Waals surface area contributed by atoms with E-state index in [9.17, 15) is 9.59 Å². The van der Waals surface area contributed by atoms with Crippen molar-refractivity contribution in [1.82, 2.24) is 24.6 Å². The average molecular weight is 409 g/mol. The topological polar surface area (TPSA) is 108 Å². The zero-order valence-electron chi connectivity index (χ0n) is 17.3. The molecule has 1 N–H and O–H groups in total. The highest BCUT2D eigenvalue weighted by Gasteiger charge is 2.19. The maximum Gasteiger partial charge on any atom is 0.329 e. The van der Waals surface area contributed by atoms with Gasteiger partial charge in [-0.05, 0) is 51.1 Å². The van der Waals surface area contributed by atoms with E-state index in [1.807, 2.05) is 51.1 Å². The first-order chi connectivity index (χ1) is 14.3. The van der Waals surface area contributed by atoms with Gasteiger partial charge < -0.3 is 14.3 Å². The van der Waals surface area contributed by atoms with Crippen LogP contribution in [0.4, 0.5) is 0 Å². The number of imidazole rings is 1. The number of amides is 1. The number of carbonyl (C=O) groups is 1. The molecule has 30 heavy (non-hydrogen) atoms. The fraction of sp³-hybridized carbons (Fsp3) is 0.333. The number of rotatable bonds is 6. The summed E-state index contributed by atoms with van der Waals surface area (Å²) in [5, 5.41) is 6.74. The molecule has 9 heteroatoms. The van der Waals surface area contributed by atoms with Crippen molar-refractivity contribution in [3.05, 3.63) is 58.2 Å². The van der Waals surface area contributed by atoms with Gasteiger partial charge in [0.2, 0.25) is 17.6 Å². The smallest absolute Gasteiger partial charge is 0.329 e. The molecule has 0 saturated carbocycles. The lowest BCUT2D eigenvalue weighted by molar-refractivity contribution is -0.121. The fourth-order valence-electron chi connectivity index (χ4n) is 3.45. The molecule has 9 nitrogen and oxygen atoms in total. The van der Waals surface area contributed by atoms with Gasteiger partial charge in [-0.2, -0.15) is 4.98 Å². The van der Waals surface area contributed by atoms with Crippen molar-refractivity contribution in [3.8, 4) is 11.4 Å². The minimum absolute atomic E-state index is 0.0614. The monoisotopic (exact) mass is 409 g/mol. The van der Waals surface area contributed by atoms with Crippen LogP contribution in [0.5, 0.6) is 0 Å². The van der Waals surface area contributed by atoms with Gasteiger partial charge in [-0.15, -0.1) is 0 Å². The molecule has 0 spiro atoms. The normalized spacial score (nSPS) is 11.5. The van der Waals surface area contributed by atoms with Crippen molar-refractivity contribution >= 4 is 16.9 Å². The average Bonchev–Trinajstić information content (AvgIpc) is 3.38. The molecule has 3 aromatic heterocycles. The molecule has 156 valence electrons. The van der Waals surface area contributed by atoms with Crippen LogP contribution in [-0.4, -0.2) is 25.2 Å². The molecule has 0 saturated heterocycles. The third-order valence-electron chi connectivity index (χ3n) is 4.82. The Morgan fingerprint density at radius 1 is 1.17 bits per heavy atom. The second kappa shape index (κ2) is 7.66. The van der Waals surface area contributed by atoms with E-state index in [1.165, 1.54) is 4.57 Å². The standard InChI is InChI=1S/C21H23N5O4/c1-12(2)26-17-8-6-15(20-23-14(4)30-24-20)9-18(17)25(21(26)28)11-19(27)22-10-16-7-5-13(3)29-16/h5-9,12H,10-11H2,1-4H3,(H,22,27). The maximum absolute atomic E-state index is 13.1. The number of carbonyl (C=O) groups excluding carboxylic acids is 1. The second-order valence-electron chi connectivity index (χ2n) is 7.46. The number of hydrogen-bond acceptors (Lipinski definition) is 6. The van der Waals surface area contributed by atoms with Gasteiger partial charge in [0.15, 0.2) is 0 Å². The summed E-state index contributed by atoms with van der Waals surface area (Å²) in [6.07, 6.45) is 0. The number of furan rings is 1. The first kappa shape index (κ1) is 19.7. The third-order valence-corrected chi connectivity index (χ3v) is 4.82. The van der Waals surface area contributed by atoms with Crippen molar-refractivity contribution in [2.75, 3.05) is 0 Å². The van der Waals surface area contributed by atoms with Crippen LogP contribution in [-0.2, 0) is 17.9 Å². The number of fused-ring (bicyclic) bond motifs is 1. The molecular weight excluding hydrogens is 386 g/mol. The predicted molar refractivity (Wildman–Crippen MR) is 110 cm³/mol. The van der Waals surface area contributed by atoms with Gasteiger partial charge in [0.25, 0.3) is 0 Å². The molecule has 0 atom stereocenters. The molecule has 0 radical (unpaired) electrons. The third kappa shape index (κ3) is 3.66. The van der Waals surface area contributed by atoms with Gasteiger partial charge in [0.1, 0.15) is 18.1 Å². The van der Waals surface area contributed by atoms with Crippen LogP contribution in [0.3, 0.4) is 0 Å². The summed E-state index contributed by atoms with van der Waals surface area (Å²) in [5.74, 6) is 2.04. The Morgan fingerprint density at radius 2 is 1.97 bits per heavy atom. The van der Waals surface area contributed by atoms with Crippen LogP contribution >= 0.6 is 0 Å². The summed E-state index contributed by atoms with van der Waals surface area (Å²) in [4.78, 5) is 29.9. The summed E-state index contributed by atoms with van der Waals surface area (Å²) in [7, 11) is 0. The second-order valence-corrected chi connectivity index (χ2v) is 7.46. The van der Waals surface area contributed by atoms with E-state index in [-0.39, 0.29) is 30.7 Å². The zero-order valence-corrected chi connectivity index (χ0v) is 17.3. The van der Waals surface area contributed by atoms with Gasteiger partial charge in [-0.1, -0.05) is 5.16 Å². The van der Waals surface area contributed by atoms with Gasteiger partial charge in [0, 0.05) is 18.5 Å². The van der Waals surface area contributed by atoms with Gasteiger partial charge in [-0.25, -0.2) is 4.79 Å². The van der Waals surface area contributed by atoms with E-state index in [1.54, 1.807) is 11.5 Å². The van der Waals surface area contributed by atoms with Gasteiger partial charge in [0.05, 0.1) is 17.6 Å². The van der Waals surface area contributed by atoms with Crippen LogP contribution in [0.1, 0.15) is 37.3 Å². The fourth-order valence-corrected chi connectivity index (χ4v) is 3.45. The largest absolute Gasteiger partial charge is 0.465 e. The molecule has 3 heterocycles.